The second-order valence-electron chi connectivity index (χ2n) is 15.6. The number of nitrogens with one attached hydrogen (secondary N) is 1. The van der Waals surface area contributed by atoms with Gasteiger partial charge in [0.25, 0.3) is 11.7 Å². The lowest BCUT2D eigenvalue weighted by molar-refractivity contribution is -0.160. The zero-order valence-corrected chi connectivity index (χ0v) is 34.8. The fourth-order valence-corrected chi connectivity index (χ4v) is 9.00. The molecule has 15 heteroatoms. The summed E-state index contributed by atoms with van der Waals surface area (Å²) in [4.78, 5) is 42.6. The highest BCUT2D eigenvalue weighted by atomic mass is 32.2. The molecule has 5 bridgehead atoms. The molecule has 6 rings (SSSR count). The number of hydrogen-bond acceptors (Lipinski definition) is 14. The average Bonchev–Trinajstić information content (AvgIpc) is 3.79. The van der Waals surface area contributed by atoms with Crippen molar-refractivity contribution in [1.29, 1.82) is 0 Å². The number of anilines is 1. The van der Waals surface area contributed by atoms with Crippen molar-refractivity contribution in [1.82, 2.24) is 4.90 Å². The van der Waals surface area contributed by atoms with Gasteiger partial charge < -0.3 is 49.8 Å². The monoisotopic (exact) mass is 812 g/mol. The van der Waals surface area contributed by atoms with Gasteiger partial charge in [-0.15, -0.1) is 11.8 Å². The maximum atomic E-state index is 14.4. The molecule has 1 fully saturated rings. The van der Waals surface area contributed by atoms with Gasteiger partial charge in [0, 0.05) is 67.0 Å². The van der Waals surface area contributed by atoms with Gasteiger partial charge in [0.05, 0.1) is 40.4 Å². The molecule has 14 nitrogen and oxygen atoms in total. The third-order valence-corrected chi connectivity index (χ3v) is 12.7. The van der Waals surface area contributed by atoms with Crippen LogP contribution in [-0.2, 0) is 23.8 Å². The van der Waals surface area contributed by atoms with Crippen molar-refractivity contribution >= 4 is 45.9 Å². The number of rotatable bonds is 5. The van der Waals surface area contributed by atoms with E-state index in [0.29, 0.717) is 5.88 Å². The van der Waals surface area contributed by atoms with Crippen LogP contribution in [-0.4, -0.2) is 104 Å². The number of carbonyl (C=O) groups excluding carboxylic acids is 3. The Morgan fingerprint density at radius 3 is 2.26 bits per heavy atom. The van der Waals surface area contributed by atoms with Gasteiger partial charge in [0.15, 0.2) is 5.75 Å². The maximum Gasteiger partial charge on any atom is 0.312 e. The summed E-state index contributed by atoms with van der Waals surface area (Å²) in [5.41, 5.74) is 0.0312. The van der Waals surface area contributed by atoms with E-state index < -0.39 is 88.8 Å². The van der Waals surface area contributed by atoms with E-state index in [2.05, 4.69) is 10.2 Å². The summed E-state index contributed by atoms with van der Waals surface area (Å²) >= 11 is 1.17. The molecule has 0 radical (unpaired) electrons. The van der Waals surface area contributed by atoms with E-state index in [1.54, 1.807) is 46.8 Å². The van der Waals surface area contributed by atoms with Crippen molar-refractivity contribution in [3.63, 3.8) is 0 Å². The van der Waals surface area contributed by atoms with Crippen molar-refractivity contribution in [3.8, 4) is 23.0 Å². The van der Waals surface area contributed by atoms with E-state index in [9.17, 15) is 39.9 Å². The Morgan fingerprint density at radius 1 is 0.965 bits per heavy atom. The van der Waals surface area contributed by atoms with E-state index >= 15 is 0 Å². The number of phenols is 3. The highest BCUT2D eigenvalue weighted by Crippen LogP contribution is 2.57. The molecule has 0 saturated carbocycles. The predicted molar refractivity (Wildman–Crippen MR) is 215 cm³/mol. The molecule has 4 aliphatic heterocycles. The lowest BCUT2D eigenvalue weighted by Crippen LogP contribution is -2.46. The summed E-state index contributed by atoms with van der Waals surface area (Å²) in [6.45, 7) is 14.3. The van der Waals surface area contributed by atoms with Gasteiger partial charge in [-0.05, 0) is 45.9 Å². The van der Waals surface area contributed by atoms with Crippen LogP contribution in [0.3, 0.4) is 0 Å². The number of aromatic hydroxyl groups is 3. The molecule has 1 saturated heterocycles. The van der Waals surface area contributed by atoms with Crippen molar-refractivity contribution in [2.24, 2.45) is 23.7 Å². The second-order valence-corrected chi connectivity index (χ2v) is 16.6. The number of fused-ring (bicyclic) bond motifs is 14. The van der Waals surface area contributed by atoms with Crippen LogP contribution in [0.2, 0.25) is 0 Å². The number of thioether (sulfide) groups is 1. The van der Waals surface area contributed by atoms with Gasteiger partial charge in [-0.25, -0.2) is 0 Å². The van der Waals surface area contributed by atoms with E-state index in [-0.39, 0.29) is 43.8 Å². The highest BCUT2D eigenvalue weighted by molar-refractivity contribution is 7.99. The number of likely N-dealkylation sites (tertiary alicyclic amines) is 1. The van der Waals surface area contributed by atoms with Crippen molar-refractivity contribution in [2.75, 3.05) is 31.4 Å². The number of carbonyl (C=O) groups is 3. The number of methoxy groups -OCH3 is 1. The largest absolute Gasteiger partial charge is 0.507 e. The molecule has 0 unspecified atom stereocenters. The number of aliphatic hydroxyl groups excluding tert-OH is 2. The lowest BCUT2D eigenvalue weighted by atomic mass is 9.78. The molecule has 4 aliphatic rings. The van der Waals surface area contributed by atoms with Gasteiger partial charge in [-0.2, -0.15) is 0 Å². The Bertz CT molecular complexity index is 1970. The molecular formula is C42H56N2O12S. The van der Waals surface area contributed by atoms with Gasteiger partial charge in [-0.3, -0.25) is 19.3 Å². The SMILES string of the molecule is CO[C@H]1/C=C/O[C@@]2(C)Oc3c(C)c(O)c4c(O)c(c(SCN5CCCC5)c(O)c4c3C2=O)NC(=O)/C(C)=C\C=C\[C@@H](C)[C@H](O)[C@@H](C)[C@H](O)[C@@H](C)[C@H](OC(C)=O)[C@@H]1C. The number of hydrogen-bond donors (Lipinski definition) is 6. The fourth-order valence-electron chi connectivity index (χ4n) is 7.90. The molecule has 312 valence electrons. The van der Waals surface area contributed by atoms with Crippen LogP contribution in [0.25, 0.3) is 10.8 Å². The standard InChI is InChI=1S/C42H56N2O12S/c1-20-13-12-14-21(2)41(52)43-31-35(49)29-28(36(50)39(31)57-19-44-16-10-11-17-44)30-38(25(6)34(29)48)56-42(8,40(30)51)54-18-15-27(53-9)22(3)37(55-26(7)45)24(5)33(47)23(4)32(20)46/h12-15,18,20,22-24,27,32-33,37,46-50H,10-11,16-17,19H2,1-9H3,(H,43,52)/b13-12+,18-15+,21-14-/t20-,22-,23-,24-,27+,32+,33+,37-,42+/m1/s1. The smallest absolute Gasteiger partial charge is 0.312 e. The number of Topliss-reactive ketones (excluding diaryl/α,β-unsaturated/α-hetero) is 1. The second kappa shape index (κ2) is 17.7. The number of amides is 1. The van der Waals surface area contributed by atoms with Crippen molar-refractivity contribution < 1.29 is 58.9 Å². The summed E-state index contributed by atoms with van der Waals surface area (Å²) in [6, 6.07) is 0. The van der Waals surface area contributed by atoms with Gasteiger partial charge in [0.2, 0.25) is 0 Å². The third-order valence-electron chi connectivity index (χ3n) is 11.5. The van der Waals surface area contributed by atoms with E-state index in [0.717, 1.165) is 25.9 Å². The van der Waals surface area contributed by atoms with Crippen LogP contribution in [0.4, 0.5) is 5.69 Å². The Labute approximate surface area is 337 Å². The molecule has 6 N–H and O–H groups in total. The highest BCUT2D eigenvalue weighted by Gasteiger charge is 2.50. The Balaban J connectivity index is 1.68. The summed E-state index contributed by atoms with van der Waals surface area (Å²) in [5, 5.41) is 60.6. The molecule has 2 aromatic carbocycles. The molecule has 0 aromatic heterocycles. The Hall–Kier alpha value is -4.28. The first-order valence-electron chi connectivity index (χ1n) is 19.3. The van der Waals surface area contributed by atoms with Gasteiger partial charge in [0.1, 0.15) is 29.0 Å². The number of nitrogens with zero attached hydrogens (tertiary/aromatic N) is 1. The summed E-state index contributed by atoms with van der Waals surface area (Å²) in [5.74, 6) is -7.46. The van der Waals surface area contributed by atoms with E-state index in [1.807, 2.05) is 0 Å². The number of allylic oxidation sites excluding steroid dienone is 2. The average molecular weight is 813 g/mol. The minimum atomic E-state index is -2.01. The van der Waals surface area contributed by atoms with Gasteiger partial charge >= 0.3 is 11.8 Å². The first-order chi connectivity index (χ1) is 26.8. The summed E-state index contributed by atoms with van der Waals surface area (Å²) in [7, 11) is 1.45. The number of ketones is 1. The van der Waals surface area contributed by atoms with E-state index in [4.69, 9.17) is 18.9 Å². The zero-order valence-electron chi connectivity index (χ0n) is 34.0. The molecule has 1 amide bonds. The molecule has 0 spiro atoms. The van der Waals surface area contributed by atoms with Crippen LogP contribution in [0.5, 0.6) is 23.0 Å². The number of aliphatic hydroxyl groups is 2. The quantitative estimate of drug-likeness (QED) is 0.0901. The van der Waals surface area contributed by atoms with Gasteiger partial charge in [-0.1, -0.05) is 45.9 Å². The first kappa shape index (κ1) is 43.8. The fraction of sp³-hybridized carbons (Fsp3) is 0.548. The topological polar surface area (TPSA) is 205 Å². The van der Waals surface area contributed by atoms with Crippen LogP contribution < -0.4 is 10.1 Å². The maximum absolute atomic E-state index is 14.4. The van der Waals surface area contributed by atoms with Crippen LogP contribution >= 0.6 is 11.8 Å². The molecule has 4 heterocycles. The summed E-state index contributed by atoms with van der Waals surface area (Å²) < 4.78 is 23.6. The van der Waals surface area contributed by atoms with Crippen LogP contribution in [0.15, 0.2) is 41.0 Å². The molecular weight excluding hydrogens is 757 g/mol. The Kier molecular flexibility index (Phi) is 13.6. The normalized spacial score (nSPS) is 32.4. The number of ether oxygens (including phenoxy) is 4. The minimum absolute atomic E-state index is 0.0566. The number of benzene rings is 2. The van der Waals surface area contributed by atoms with Crippen LogP contribution in [0, 0.1) is 30.6 Å². The first-order valence-corrected chi connectivity index (χ1v) is 20.3. The number of phenolic OH excluding ortho intramolecular Hbond substituents is 3. The molecule has 2 aromatic rings. The molecule has 0 aliphatic carbocycles. The van der Waals surface area contributed by atoms with Crippen molar-refractivity contribution in [2.45, 2.75) is 103 Å². The molecule has 9 atom stereocenters. The Morgan fingerprint density at radius 2 is 1.63 bits per heavy atom. The zero-order chi connectivity index (χ0) is 42.1. The third kappa shape index (κ3) is 8.63. The lowest BCUT2D eigenvalue weighted by Gasteiger charge is -2.38. The van der Waals surface area contributed by atoms with Crippen LogP contribution in [0.1, 0.15) is 77.2 Å². The predicted octanol–water partition coefficient (Wildman–Crippen LogP) is 5.90. The minimum Gasteiger partial charge on any atom is -0.507 e. The summed E-state index contributed by atoms with van der Waals surface area (Å²) in [6.07, 6.45) is 5.73. The number of esters is 1. The van der Waals surface area contributed by atoms with E-state index in [1.165, 1.54) is 58.1 Å². The molecule has 57 heavy (non-hydrogen) atoms. The van der Waals surface area contributed by atoms with Crippen molar-refractivity contribution in [3.05, 3.63) is 47.3 Å².